The number of rotatable bonds is 32. The summed E-state index contributed by atoms with van der Waals surface area (Å²) in [6.07, 6.45) is 39.0. The van der Waals surface area contributed by atoms with Crippen molar-refractivity contribution in [2.45, 2.75) is 220 Å². The minimum absolute atomic E-state index is 0.0207. The van der Waals surface area contributed by atoms with E-state index in [4.69, 9.17) is 9.73 Å². The quantitative estimate of drug-likeness (QED) is 0.0578. The molecule has 0 saturated heterocycles. The summed E-state index contributed by atoms with van der Waals surface area (Å²) < 4.78 is 5.95. The van der Waals surface area contributed by atoms with Crippen LogP contribution in [0, 0.1) is 0 Å². The molecule has 0 aliphatic carbocycles. The Balaban J connectivity index is 2.01. The highest BCUT2D eigenvalue weighted by atomic mass is 16.6. The molecule has 0 bridgehead atoms. The molecule has 0 radical (unpaired) electrons. The maximum Gasteiger partial charge on any atom is 0.307 e. The van der Waals surface area contributed by atoms with Crippen molar-refractivity contribution in [2.24, 2.45) is 4.99 Å². The van der Waals surface area contributed by atoms with Gasteiger partial charge in [0, 0.05) is 25.8 Å². The van der Waals surface area contributed by atoms with Gasteiger partial charge in [0.15, 0.2) is 6.23 Å². The Bertz CT molecular complexity index is 620. The topological polar surface area (TPSA) is 41.9 Å². The Morgan fingerprint density at radius 2 is 0.976 bits per heavy atom. The van der Waals surface area contributed by atoms with Crippen molar-refractivity contribution >= 4 is 11.8 Å². The summed E-state index contributed by atoms with van der Waals surface area (Å²) in [4.78, 5) is 19.6. The zero-order valence-corrected chi connectivity index (χ0v) is 28.9. The van der Waals surface area contributed by atoms with E-state index >= 15 is 0 Å². The molecule has 0 aromatic heterocycles. The van der Waals surface area contributed by atoms with Crippen molar-refractivity contribution in [1.82, 2.24) is 4.90 Å². The van der Waals surface area contributed by atoms with Gasteiger partial charge in [0.05, 0.1) is 6.54 Å². The summed E-state index contributed by atoms with van der Waals surface area (Å²) in [6.45, 7) is 8.46. The number of amidine groups is 1. The lowest BCUT2D eigenvalue weighted by Gasteiger charge is -2.29. The second-order valence-corrected chi connectivity index (χ2v) is 13.2. The van der Waals surface area contributed by atoms with Crippen LogP contribution in [-0.4, -0.2) is 36.0 Å². The van der Waals surface area contributed by atoms with E-state index in [1.165, 1.54) is 166 Å². The van der Waals surface area contributed by atoms with Crippen molar-refractivity contribution in [2.75, 3.05) is 13.1 Å². The largest absolute Gasteiger partial charge is 0.442 e. The van der Waals surface area contributed by atoms with Gasteiger partial charge in [-0.15, -0.1) is 0 Å². The number of nitrogens with zero attached hydrogens (tertiary/aromatic N) is 2. The van der Waals surface area contributed by atoms with Gasteiger partial charge in [-0.2, -0.15) is 0 Å². The van der Waals surface area contributed by atoms with Crippen LogP contribution in [0.4, 0.5) is 0 Å². The lowest BCUT2D eigenvalue weighted by molar-refractivity contribution is -0.155. The van der Waals surface area contributed by atoms with Crippen LogP contribution >= 0.6 is 0 Å². The minimum atomic E-state index is -0.132. The molecule has 0 fully saturated rings. The summed E-state index contributed by atoms with van der Waals surface area (Å²) >= 11 is 0. The van der Waals surface area contributed by atoms with Crippen LogP contribution < -0.4 is 0 Å². The van der Waals surface area contributed by atoms with Crippen molar-refractivity contribution in [3.63, 3.8) is 0 Å². The molecule has 248 valence electrons. The number of unbranched alkanes of at least 4 members (excludes halogenated alkanes) is 25. The molecule has 4 nitrogen and oxygen atoms in total. The van der Waals surface area contributed by atoms with Crippen LogP contribution in [0.15, 0.2) is 4.99 Å². The van der Waals surface area contributed by atoms with Crippen molar-refractivity contribution in [3.8, 4) is 0 Å². The van der Waals surface area contributed by atoms with E-state index in [0.29, 0.717) is 6.42 Å². The molecule has 0 aromatic rings. The van der Waals surface area contributed by atoms with E-state index in [2.05, 4.69) is 25.7 Å². The second-order valence-electron chi connectivity index (χ2n) is 13.2. The third kappa shape index (κ3) is 22.5. The van der Waals surface area contributed by atoms with Gasteiger partial charge in [0.1, 0.15) is 5.84 Å². The van der Waals surface area contributed by atoms with Gasteiger partial charge >= 0.3 is 5.97 Å². The Morgan fingerprint density at radius 3 is 1.38 bits per heavy atom. The minimum Gasteiger partial charge on any atom is -0.442 e. The van der Waals surface area contributed by atoms with E-state index in [1.54, 1.807) is 0 Å². The molecule has 42 heavy (non-hydrogen) atoms. The number of carbonyl (C=O) groups is 1. The highest BCUT2D eigenvalue weighted by Gasteiger charge is 2.26. The molecular weight excluding hydrogens is 516 g/mol. The van der Waals surface area contributed by atoms with Gasteiger partial charge in [-0.1, -0.05) is 181 Å². The van der Waals surface area contributed by atoms with Gasteiger partial charge in [0.25, 0.3) is 0 Å². The molecule has 0 spiro atoms. The normalized spacial score (nSPS) is 14.0. The highest BCUT2D eigenvalue weighted by Crippen LogP contribution is 2.19. The maximum atomic E-state index is 12.6. The molecule has 4 heteroatoms. The summed E-state index contributed by atoms with van der Waals surface area (Å²) in [6, 6.07) is 0. The first-order valence-corrected chi connectivity index (χ1v) is 19.2. The monoisotopic (exact) mass is 591 g/mol. The average Bonchev–Trinajstić information content (AvgIpc) is 3.46. The number of aliphatic imine (C=N–C) groups is 1. The van der Waals surface area contributed by atoms with Gasteiger partial charge in [-0.05, 0) is 12.8 Å². The van der Waals surface area contributed by atoms with Crippen LogP contribution in [0.1, 0.15) is 213 Å². The van der Waals surface area contributed by atoms with Crippen molar-refractivity contribution in [1.29, 1.82) is 0 Å². The van der Waals surface area contributed by atoms with E-state index in [9.17, 15) is 4.79 Å². The number of hydrogen-bond acceptors (Lipinski definition) is 4. The molecule has 1 heterocycles. The summed E-state index contributed by atoms with van der Waals surface area (Å²) in [5, 5.41) is 0. The first-order valence-electron chi connectivity index (χ1n) is 19.2. The molecular formula is C38H74N2O2. The third-order valence-corrected chi connectivity index (χ3v) is 9.17. The van der Waals surface area contributed by atoms with Crippen molar-refractivity contribution in [3.05, 3.63) is 0 Å². The highest BCUT2D eigenvalue weighted by molar-refractivity contribution is 5.84. The fraction of sp³-hybridized carbons (Fsp3) is 0.947. The third-order valence-electron chi connectivity index (χ3n) is 9.17. The molecule has 1 aliphatic heterocycles. The Labute approximate surface area is 263 Å². The average molecular weight is 591 g/mol. The number of carbonyl (C=O) groups excluding carboxylic acids is 1. The predicted molar refractivity (Wildman–Crippen MR) is 184 cm³/mol. The molecule has 1 rings (SSSR count). The molecule has 1 unspecified atom stereocenters. The summed E-state index contributed by atoms with van der Waals surface area (Å²) in [5.74, 6) is 1.15. The Hall–Kier alpha value is -1.06. The van der Waals surface area contributed by atoms with Crippen LogP contribution in [0.2, 0.25) is 0 Å². The smallest absolute Gasteiger partial charge is 0.307 e. The number of hydrogen-bond donors (Lipinski definition) is 0. The first-order chi connectivity index (χ1) is 20.7. The molecule has 1 atom stereocenters. The Kier molecular flexibility index (Phi) is 27.8. The molecule has 0 aromatic carbocycles. The molecule has 1 aliphatic rings. The van der Waals surface area contributed by atoms with E-state index in [-0.39, 0.29) is 12.2 Å². The zero-order chi connectivity index (χ0) is 30.4. The standard InChI is InChI=1S/C38H74N2O2/c1-4-7-9-11-13-15-17-19-21-22-24-26-28-30-32-36-39-34-35-40(36)37(6-3)42-38(41)33-31-29-27-25-23-20-18-16-14-12-10-8-5-2/h37H,4-35H2,1-3H3. The summed E-state index contributed by atoms with van der Waals surface area (Å²) in [7, 11) is 0. The lowest BCUT2D eigenvalue weighted by atomic mass is 10.0. The number of ether oxygens (including phenoxy) is 1. The van der Waals surface area contributed by atoms with Crippen LogP contribution in [0.5, 0.6) is 0 Å². The second kappa shape index (κ2) is 30.0. The van der Waals surface area contributed by atoms with E-state index in [1.807, 2.05) is 0 Å². The zero-order valence-electron chi connectivity index (χ0n) is 28.9. The number of esters is 1. The van der Waals surface area contributed by atoms with Crippen LogP contribution in [0.25, 0.3) is 0 Å². The molecule has 0 amide bonds. The lowest BCUT2D eigenvalue weighted by Crippen LogP contribution is -2.40. The predicted octanol–water partition coefficient (Wildman–Crippen LogP) is 12.3. The van der Waals surface area contributed by atoms with Gasteiger partial charge < -0.3 is 9.64 Å². The summed E-state index contributed by atoms with van der Waals surface area (Å²) in [5.41, 5.74) is 0. The first kappa shape index (κ1) is 39.0. The molecule has 0 saturated carbocycles. The van der Waals surface area contributed by atoms with Gasteiger partial charge in [0.2, 0.25) is 0 Å². The fourth-order valence-electron chi connectivity index (χ4n) is 6.38. The van der Waals surface area contributed by atoms with Gasteiger partial charge in [-0.25, -0.2) is 0 Å². The van der Waals surface area contributed by atoms with Crippen LogP contribution in [0.3, 0.4) is 0 Å². The molecule has 0 N–H and O–H groups in total. The van der Waals surface area contributed by atoms with E-state index < -0.39 is 0 Å². The van der Waals surface area contributed by atoms with Crippen molar-refractivity contribution < 1.29 is 9.53 Å². The SMILES string of the molecule is CCCCCCCCCCCCCCCCC1=NCCN1C(CC)OC(=O)CCCCCCCCCCCCCCC. The van der Waals surface area contributed by atoms with Gasteiger partial charge in [-0.3, -0.25) is 9.79 Å². The fourth-order valence-corrected chi connectivity index (χ4v) is 6.38. The Morgan fingerprint density at radius 1 is 0.595 bits per heavy atom. The van der Waals surface area contributed by atoms with Crippen LogP contribution in [-0.2, 0) is 9.53 Å². The maximum absolute atomic E-state index is 12.6. The van der Waals surface area contributed by atoms with E-state index in [0.717, 1.165) is 38.8 Å².